The van der Waals surface area contributed by atoms with Crippen molar-refractivity contribution in [3.63, 3.8) is 0 Å². The van der Waals surface area contributed by atoms with Gasteiger partial charge >= 0.3 is 0 Å². The van der Waals surface area contributed by atoms with E-state index < -0.39 is 17.5 Å². The van der Waals surface area contributed by atoms with Crippen molar-refractivity contribution in [2.45, 2.75) is 5.33 Å². The highest BCUT2D eigenvalue weighted by Crippen LogP contribution is 2.26. The van der Waals surface area contributed by atoms with Gasteiger partial charge in [0.1, 0.15) is 5.75 Å². The molecule has 0 aliphatic carbocycles. The highest BCUT2D eigenvalue weighted by atomic mass is 79.9. The second-order valence-electron chi connectivity index (χ2n) is 3.58. The Bertz CT molecular complexity index is 572. The molecule has 0 radical (unpaired) electrons. The van der Waals surface area contributed by atoms with E-state index in [1.807, 2.05) is 0 Å². The monoisotopic (exact) mass is 316 g/mol. The average Bonchev–Trinajstić information content (AvgIpc) is 2.36. The second kappa shape index (κ2) is 5.44. The molecule has 0 saturated carbocycles. The van der Waals surface area contributed by atoms with E-state index in [2.05, 4.69) is 15.9 Å². The minimum absolute atomic E-state index is 0.0364. The molecule has 2 aromatic rings. The standard InChI is InChI=1S/C13H8BrF3O/c14-7-8-1-4-13(12(17)5-8)18-9-2-3-10(15)11(16)6-9/h1-6H,7H2. The van der Waals surface area contributed by atoms with Crippen molar-refractivity contribution in [2.75, 3.05) is 0 Å². The number of hydrogen-bond acceptors (Lipinski definition) is 1. The van der Waals surface area contributed by atoms with Crippen molar-refractivity contribution in [3.8, 4) is 11.5 Å². The first kappa shape index (κ1) is 13.0. The number of benzene rings is 2. The highest BCUT2D eigenvalue weighted by Gasteiger charge is 2.08. The van der Waals surface area contributed by atoms with Crippen molar-refractivity contribution in [2.24, 2.45) is 0 Å². The molecule has 0 saturated heterocycles. The maximum atomic E-state index is 13.6. The Morgan fingerprint density at radius 3 is 2.28 bits per heavy atom. The van der Waals surface area contributed by atoms with Crippen LogP contribution >= 0.6 is 15.9 Å². The van der Waals surface area contributed by atoms with Crippen LogP contribution in [-0.2, 0) is 5.33 Å². The van der Waals surface area contributed by atoms with E-state index in [0.29, 0.717) is 5.33 Å². The fourth-order valence-corrected chi connectivity index (χ4v) is 1.73. The zero-order chi connectivity index (χ0) is 13.1. The molecule has 18 heavy (non-hydrogen) atoms. The molecule has 0 bridgehead atoms. The molecule has 0 aliphatic heterocycles. The molecule has 2 aromatic carbocycles. The first-order valence-electron chi connectivity index (χ1n) is 5.07. The van der Waals surface area contributed by atoms with Crippen LogP contribution in [0.25, 0.3) is 0 Å². The van der Waals surface area contributed by atoms with Gasteiger partial charge in [-0.15, -0.1) is 0 Å². The molecule has 0 spiro atoms. The Morgan fingerprint density at radius 1 is 0.889 bits per heavy atom. The summed E-state index contributed by atoms with van der Waals surface area (Å²) in [6.07, 6.45) is 0. The summed E-state index contributed by atoms with van der Waals surface area (Å²) in [4.78, 5) is 0. The molecule has 1 nitrogen and oxygen atoms in total. The van der Waals surface area contributed by atoms with Gasteiger partial charge in [-0.25, -0.2) is 13.2 Å². The van der Waals surface area contributed by atoms with Gasteiger partial charge in [0.25, 0.3) is 0 Å². The first-order valence-corrected chi connectivity index (χ1v) is 6.19. The van der Waals surface area contributed by atoms with Gasteiger partial charge in [-0.3, -0.25) is 0 Å². The maximum Gasteiger partial charge on any atom is 0.166 e. The van der Waals surface area contributed by atoms with E-state index in [-0.39, 0.29) is 11.5 Å². The maximum absolute atomic E-state index is 13.6. The highest BCUT2D eigenvalue weighted by molar-refractivity contribution is 9.08. The SMILES string of the molecule is Fc1ccc(Oc2ccc(CBr)cc2F)cc1F. The normalized spacial score (nSPS) is 10.4. The molecule has 2 rings (SSSR count). The summed E-state index contributed by atoms with van der Waals surface area (Å²) in [7, 11) is 0. The Kier molecular flexibility index (Phi) is 3.91. The minimum atomic E-state index is -1.04. The van der Waals surface area contributed by atoms with Gasteiger partial charge in [0.2, 0.25) is 0 Å². The topological polar surface area (TPSA) is 9.23 Å². The lowest BCUT2D eigenvalue weighted by molar-refractivity contribution is 0.432. The van der Waals surface area contributed by atoms with E-state index in [9.17, 15) is 13.2 Å². The lowest BCUT2D eigenvalue weighted by Gasteiger charge is -2.07. The Hall–Kier alpha value is -1.49. The summed E-state index contributed by atoms with van der Waals surface area (Å²) in [5.41, 5.74) is 0.755. The minimum Gasteiger partial charge on any atom is -0.454 e. The molecule has 0 heterocycles. The number of alkyl halides is 1. The Morgan fingerprint density at radius 2 is 1.67 bits per heavy atom. The molecule has 0 aromatic heterocycles. The van der Waals surface area contributed by atoms with E-state index >= 15 is 0 Å². The molecule has 0 amide bonds. The fourth-order valence-electron chi connectivity index (χ4n) is 1.38. The summed E-state index contributed by atoms with van der Waals surface area (Å²) < 4.78 is 44.4. The van der Waals surface area contributed by atoms with Crippen molar-refractivity contribution < 1.29 is 17.9 Å². The lowest BCUT2D eigenvalue weighted by Crippen LogP contribution is -1.91. The van der Waals surface area contributed by atoms with Crippen molar-refractivity contribution in [3.05, 3.63) is 59.4 Å². The smallest absolute Gasteiger partial charge is 0.166 e. The molecule has 0 N–H and O–H groups in total. The Balaban J connectivity index is 2.25. The van der Waals surface area contributed by atoms with Crippen molar-refractivity contribution in [1.29, 1.82) is 0 Å². The molecule has 94 valence electrons. The van der Waals surface area contributed by atoms with Crippen LogP contribution in [0, 0.1) is 17.5 Å². The van der Waals surface area contributed by atoms with Gasteiger partial charge in [-0.2, -0.15) is 0 Å². The van der Waals surface area contributed by atoms with Crippen LogP contribution in [-0.4, -0.2) is 0 Å². The summed E-state index contributed by atoms with van der Waals surface area (Å²) in [6, 6.07) is 7.45. The van der Waals surface area contributed by atoms with Crippen LogP contribution in [0.5, 0.6) is 11.5 Å². The molecule has 0 fully saturated rings. The average molecular weight is 317 g/mol. The van der Waals surface area contributed by atoms with Gasteiger partial charge < -0.3 is 4.74 Å². The van der Waals surface area contributed by atoms with Crippen LogP contribution in [0.1, 0.15) is 5.56 Å². The van der Waals surface area contributed by atoms with E-state index in [0.717, 1.165) is 17.7 Å². The van der Waals surface area contributed by atoms with E-state index in [4.69, 9.17) is 4.74 Å². The van der Waals surface area contributed by atoms with Crippen LogP contribution in [0.4, 0.5) is 13.2 Å². The number of hydrogen-bond donors (Lipinski definition) is 0. The summed E-state index contributed by atoms with van der Waals surface area (Å²) in [6.45, 7) is 0. The van der Waals surface area contributed by atoms with Gasteiger partial charge in [0.15, 0.2) is 23.2 Å². The van der Waals surface area contributed by atoms with Gasteiger partial charge in [0, 0.05) is 11.4 Å². The van der Waals surface area contributed by atoms with Crippen molar-refractivity contribution >= 4 is 15.9 Å². The molecular formula is C13H8BrF3O. The third-order valence-electron chi connectivity index (χ3n) is 2.27. The van der Waals surface area contributed by atoms with Crippen LogP contribution in [0.15, 0.2) is 36.4 Å². The van der Waals surface area contributed by atoms with Gasteiger partial charge in [0.05, 0.1) is 0 Å². The van der Waals surface area contributed by atoms with Crippen LogP contribution in [0.2, 0.25) is 0 Å². The van der Waals surface area contributed by atoms with Crippen LogP contribution < -0.4 is 4.74 Å². The lowest BCUT2D eigenvalue weighted by atomic mass is 10.2. The number of ether oxygens (including phenoxy) is 1. The third kappa shape index (κ3) is 2.85. The van der Waals surface area contributed by atoms with E-state index in [1.165, 1.54) is 18.2 Å². The molecule has 0 unspecified atom stereocenters. The zero-order valence-corrected chi connectivity index (χ0v) is 10.7. The second-order valence-corrected chi connectivity index (χ2v) is 4.14. The van der Waals surface area contributed by atoms with Gasteiger partial charge in [-0.05, 0) is 29.8 Å². The molecular weight excluding hydrogens is 309 g/mol. The Labute approximate surface area is 110 Å². The zero-order valence-electron chi connectivity index (χ0n) is 9.09. The van der Waals surface area contributed by atoms with Crippen LogP contribution in [0.3, 0.4) is 0 Å². The van der Waals surface area contributed by atoms with Crippen molar-refractivity contribution in [1.82, 2.24) is 0 Å². The predicted molar refractivity (Wildman–Crippen MR) is 65.5 cm³/mol. The summed E-state index contributed by atoms with van der Waals surface area (Å²) in [5.74, 6) is -2.57. The largest absolute Gasteiger partial charge is 0.454 e. The fraction of sp³-hybridized carbons (Fsp3) is 0.0769. The summed E-state index contributed by atoms with van der Waals surface area (Å²) >= 11 is 3.20. The quantitative estimate of drug-likeness (QED) is 0.740. The predicted octanol–water partition coefficient (Wildman–Crippen LogP) is 4.79. The molecule has 5 heteroatoms. The summed E-state index contributed by atoms with van der Waals surface area (Å²) in [5, 5.41) is 0.523. The number of halogens is 4. The first-order chi connectivity index (χ1) is 8.60. The molecule has 0 atom stereocenters. The van der Waals surface area contributed by atoms with E-state index in [1.54, 1.807) is 6.07 Å². The number of rotatable bonds is 3. The van der Waals surface area contributed by atoms with Gasteiger partial charge in [-0.1, -0.05) is 22.0 Å². The third-order valence-corrected chi connectivity index (χ3v) is 2.92. The molecule has 0 aliphatic rings.